The van der Waals surface area contributed by atoms with Crippen molar-refractivity contribution in [3.8, 4) is 0 Å². The number of aromatic nitrogens is 1. The number of alkyl halides is 24. The van der Waals surface area contributed by atoms with Gasteiger partial charge in [0.1, 0.15) is 12.0 Å². The first-order valence-electron chi connectivity index (χ1n) is 21.0. The quantitative estimate of drug-likeness (QED) is 0.0674. The maximum absolute atomic E-state index is 14.2. The fraction of sp³-hybridized carbons (Fsp3) is 0.184. The molecule has 0 aliphatic heterocycles. The summed E-state index contributed by atoms with van der Waals surface area (Å²) in [5.74, 6) is -0.267. The van der Waals surface area contributed by atoms with Gasteiger partial charge in [-0.15, -0.1) is 0 Å². The summed E-state index contributed by atoms with van der Waals surface area (Å²) in [6, 6.07) is 8.67. The number of halogens is 25. The number of carbonyl (C=O) groups is 1. The summed E-state index contributed by atoms with van der Waals surface area (Å²) in [5, 5.41) is 0.524. The third-order valence-corrected chi connectivity index (χ3v) is 11.7. The van der Waals surface area contributed by atoms with Crippen molar-refractivity contribution in [2.24, 2.45) is 0 Å². The number of pyridine rings is 1. The van der Waals surface area contributed by atoms with Gasteiger partial charge in [-0.05, 0) is 36.4 Å². The fourth-order valence-electron chi connectivity index (χ4n) is 8.34. The molecule has 0 radical (unpaired) electrons. The molecule has 0 saturated heterocycles. The molecule has 410 valence electrons. The van der Waals surface area contributed by atoms with E-state index in [1.807, 2.05) is 24.3 Å². The molecular formula is C49H25BF25NO. The van der Waals surface area contributed by atoms with Gasteiger partial charge in [-0.2, -0.15) is 132 Å². The van der Waals surface area contributed by atoms with E-state index < -0.39 is 195 Å². The number of benzene rings is 6. The predicted molar refractivity (Wildman–Crippen MR) is 225 cm³/mol. The highest BCUT2D eigenvalue weighted by Gasteiger charge is 2.47. The molecule has 77 heavy (non-hydrogen) atoms. The molecule has 1 heterocycles. The van der Waals surface area contributed by atoms with Gasteiger partial charge in [0.25, 0.3) is 0 Å². The van der Waals surface area contributed by atoms with Crippen molar-refractivity contribution in [1.82, 2.24) is 0 Å². The average Bonchev–Trinajstić information content (AvgIpc) is 3.30. The maximum Gasteiger partial charge on any atom is 0.416 e. The molecule has 0 N–H and O–H groups in total. The number of hydrogen-bond donors (Lipinski definition) is 0. The maximum atomic E-state index is 14.2. The molecule has 0 unspecified atom stereocenters. The summed E-state index contributed by atoms with van der Waals surface area (Å²) in [7, 11) is 0. The second-order valence-electron chi connectivity index (χ2n) is 16.8. The van der Waals surface area contributed by atoms with Crippen LogP contribution in [0.3, 0.4) is 0 Å². The van der Waals surface area contributed by atoms with Gasteiger partial charge in [-0.25, -0.2) is 4.39 Å². The highest BCUT2D eigenvalue weighted by Crippen LogP contribution is 2.41. The van der Waals surface area contributed by atoms with E-state index in [-0.39, 0.29) is 18.1 Å². The summed E-state index contributed by atoms with van der Waals surface area (Å²) < 4.78 is 356. The van der Waals surface area contributed by atoms with E-state index in [1.54, 1.807) is 41.1 Å². The number of rotatable bonds is 7. The number of hydrogen-bond acceptors (Lipinski definition) is 1. The topological polar surface area (TPSA) is 20.9 Å². The molecule has 0 amide bonds. The van der Waals surface area contributed by atoms with Crippen molar-refractivity contribution in [2.75, 3.05) is 0 Å². The lowest BCUT2D eigenvalue weighted by Gasteiger charge is -2.46. The van der Waals surface area contributed by atoms with Crippen molar-refractivity contribution >= 4 is 44.7 Å². The van der Waals surface area contributed by atoms with Crippen LogP contribution in [0.4, 0.5) is 110 Å². The molecule has 0 saturated carbocycles. The van der Waals surface area contributed by atoms with Gasteiger partial charge in [0.15, 0.2) is 6.20 Å². The molecule has 0 spiro atoms. The molecule has 28 heteroatoms. The van der Waals surface area contributed by atoms with Crippen LogP contribution in [-0.4, -0.2) is 11.9 Å². The summed E-state index contributed by atoms with van der Waals surface area (Å²) in [5.41, 5.74) is -28.8. The van der Waals surface area contributed by atoms with Crippen molar-refractivity contribution in [3.63, 3.8) is 0 Å². The van der Waals surface area contributed by atoms with Crippen LogP contribution < -0.4 is 26.4 Å². The molecule has 0 bridgehead atoms. The zero-order valence-electron chi connectivity index (χ0n) is 37.4. The Morgan fingerprint density at radius 2 is 0.636 bits per heavy atom. The first-order chi connectivity index (χ1) is 35.0. The average molecular weight is 1130 g/mol. The van der Waals surface area contributed by atoms with Crippen molar-refractivity contribution in [1.29, 1.82) is 0 Å². The van der Waals surface area contributed by atoms with Crippen LogP contribution in [0.5, 0.6) is 0 Å². The summed E-state index contributed by atoms with van der Waals surface area (Å²) in [6.07, 6.45) is -53.0. The zero-order chi connectivity index (χ0) is 57.9. The Bertz CT molecular complexity index is 2870. The third-order valence-electron chi connectivity index (χ3n) is 11.7. The Hall–Kier alpha value is -7.29. The van der Waals surface area contributed by atoms with Crippen LogP contribution in [-0.2, 0) is 56.0 Å². The number of fused-ring (bicyclic) bond motifs is 1. The third kappa shape index (κ3) is 13.1. The number of carbonyl (C=O) groups excluding carboxylic acids is 1. The van der Waals surface area contributed by atoms with E-state index in [2.05, 4.69) is 0 Å². The lowest BCUT2D eigenvalue weighted by molar-refractivity contribution is -0.657. The fourth-order valence-corrected chi connectivity index (χ4v) is 8.34. The van der Waals surface area contributed by atoms with E-state index in [1.165, 1.54) is 6.07 Å². The Kier molecular flexibility index (Phi) is 15.5. The standard InChI is InChI=1S/C32H12BF24.C17H13FNO/c34-25(35,36)13-1-14(26(37,38)39)6-21(5-13)33(22-7-15(27(40,41)42)2-16(8-22)28(43,44)45,23-9-17(29(46,47)48)3-18(10-23)30(49,50)51)24-11-19(31(52,53)54)4-20(12-24)32(55,56)57;18-15-9-4-10-16-14(15)8-5-11-19(16)12-17(20)13-6-2-1-3-7-13/h1-12H;1-11H,12H2/q-1;+1. The summed E-state index contributed by atoms with van der Waals surface area (Å²) in [6.45, 7) is 0.199. The smallest absolute Gasteiger partial charge is 0.287 e. The van der Waals surface area contributed by atoms with Crippen LogP contribution >= 0.6 is 0 Å². The van der Waals surface area contributed by atoms with E-state index in [9.17, 15) is 115 Å². The largest absolute Gasteiger partial charge is 0.416 e. The molecule has 7 aromatic rings. The van der Waals surface area contributed by atoms with Crippen LogP contribution in [0.15, 0.2) is 140 Å². The van der Waals surface area contributed by atoms with Gasteiger partial charge in [-0.3, -0.25) is 4.79 Å². The van der Waals surface area contributed by atoms with E-state index in [4.69, 9.17) is 0 Å². The van der Waals surface area contributed by atoms with Crippen molar-refractivity contribution in [2.45, 2.75) is 56.0 Å². The Morgan fingerprint density at radius 3 is 0.909 bits per heavy atom. The SMILES string of the molecule is FC(F)(F)c1cc([B-](c2cc(C(F)(F)F)cc(C(F)(F)F)c2)(c2cc(C(F)(F)F)cc(C(F)(F)F)c2)c2cc(C(F)(F)F)cc(C(F)(F)F)c2)cc(C(F)(F)F)c1.O=C(C[n+]1cccc2c(F)cccc21)c1ccccc1. The van der Waals surface area contributed by atoms with Gasteiger partial charge in [-0.1, -0.05) is 84.9 Å². The Balaban J connectivity index is 0.000000397. The lowest BCUT2D eigenvalue weighted by atomic mass is 9.12. The first kappa shape index (κ1) is 59.0. The highest BCUT2D eigenvalue weighted by molar-refractivity contribution is 7.20. The predicted octanol–water partition coefficient (Wildman–Crippen LogP) is 14.4. The van der Waals surface area contributed by atoms with Gasteiger partial charge >= 0.3 is 49.4 Å². The van der Waals surface area contributed by atoms with Gasteiger partial charge in [0.05, 0.1) is 49.9 Å². The molecular weight excluding hydrogens is 1100 g/mol. The molecule has 7 rings (SSSR count). The molecule has 0 fully saturated rings. The minimum absolute atomic E-state index is 0.00682. The first-order valence-corrected chi connectivity index (χ1v) is 21.0. The van der Waals surface area contributed by atoms with Crippen molar-refractivity contribution < 1.29 is 119 Å². The molecule has 0 aliphatic carbocycles. The molecule has 2 nitrogen and oxygen atoms in total. The Labute approximate surface area is 414 Å². The lowest BCUT2D eigenvalue weighted by Crippen LogP contribution is -2.75. The normalized spacial score (nSPS) is 13.4. The summed E-state index contributed by atoms with van der Waals surface area (Å²) >= 11 is 0. The number of nitrogens with zero attached hydrogens (tertiary/aromatic N) is 1. The van der Waals surface area contributed by atoms with Crippen molar-refractivity contribution in [3.05, 3.63) is 196 Å². The van der Waals surface area contributed by atoms with Gasteiger partial charge < -0.3 is 0 Å². The number of ketones is 1. The van der Waals surface area contributed by atoms with Gasteiger partial charge in [0, 0.05) is 17.7 Å². The van der Waals surface area contributed by atoms with Crippen LogP contribution in [0.1, 0.15) is 54.9 Å². The minimum Gasteiger partial charge on any atom is -0.287 e. The second-order valence-corrected chi connectivity index (χ2v) is 16.8. The minimum atomic E-state index is -6.13. The number of Topliss-reactive ketones (excluding diaryl/α,β-unsaturated/α-hetero) is 1. The molecule has 6 aromatic carbocycles. The van der Waals surface area contributed by atoms with Crippen LogP contribution in [0.2, 0.25) is 0 Å². The Morgan fingerprint density at radius 1 is 0.351 bits per heavy atom. The summed E-state index contributed by atoms with van der Waals surface area (Å²) in [4.78, 5) is 12.2. The highest BCUT2D eigenvalue weighted by atomic mass is 19.4. The molecule has 0 atom stereocenters. The molecule has 0 aliphatic rings. The van der Waals surface area contributed by atoms with Crippen LogP contribution in [0, 0.1) is 5.82 Å². The monoisotopic (exact) mass is 1130 g/mol. The van der Waals surface area contributed by atoms with E-state index >= 15 is 0 Å². The van der Waals surface area contributed by atoms with Gasteiger partial charge in [0.2, 0.25) is 17.8 Å². The second kappa shape index (κ2) is 20.3. The van der Waals surface area contributed by atoms with Crippen LogP contribution in [0.25, 0.3) is 10.9 Å². The van der Waals surface area contributed by atoms with E-state index in [0.29, 0.717) is 10.9 Å². The van der Waals surface area contributed by atoms with E-state index in [0.717, 1.165) is 5.52 Å². The molecule has 1 aromatic heterocycles. The zero-order valence-corrected chi connectivity index (χ0v) is 37.4.